The Morgan fingerprint density at radius 2 is 1.40 bits per heavy atom. The quantitative estimate of drug-likeness (QED) is 0.937. The molecule has 2 aromatic carbocycles. The molecular formula is C17H20O2S. The molecule has 0 aromatic heterocycles. The highest BCUT2D eigenvalue weighted by Crippen LogP contribution is 2.24. The Balaban J connectivity index is 2.17. The predicted octanol–water partition coefficient (Wildman–Crippen LogP) is 3.32. The van der Waals surface area contributed by atoms with Gasteiger partial charge >= 0.3 is 0 Å². The minimum absolute atomic E-state index is 0.194. The third-order valence-electron chi connectivity index (χ3n) is 3.37. The zero-order valence-corrected chi connectivity index (χ0v) is 12.9. The highest BCUT2D eigenvalue weighted by Gasteiger charge is 2.26. The number of aryl methyl sites for hydroxylation is 2. The molecule has 0 bridgehead atoms. The Morgan fingerprint density at radius 3 is 1.90 bits per heavy atom. The number of benzene rings is 2. The lowest BCUT2D eigenvalue weighted by molar-refractivity contribution is 0.0829. The fourth-order valence-corrected chi connectivity index (χ4v) is 3.31. The molecule has 1 unspecified atom stereocenters. The molecule has 0 saturated carbocycles. The Labute approximate surface area is 122 Å². The van der Waals surface area contributed by atoms with Crippen LogP contribution in [-0.4, -0.2) is 15.1 Å². The zero-order chi connectivity index (χ0) is 14.8. The van der Waals surface area contributed by atoms with Crippen molar-refractivity contribution in [3.63, 3.8) is 0 Å². The molecule has 2 nitrogen and oxygen atoms in total. The molecule has 0 radical (unpaired) electrons. The van der Waals surface area contributed by atoms with Gasteiger partial charge in [-0.3, -0.25) is 4.21 Å². The molecule has 0 heterocycles. The van der Waals surface area contributed by atoms with Crippen LogP contribution < -0.4 is 0 Å². The molecule has 0 aliphatic rings. The number of hydrogen-bond acceptors (Lipinski definition) is 2. The average Bonchev–Trinajstić information content (AvgIpc) is 2.39. The van der Waals surface area contributed by atoms with E-state index in [9.17, 15) is 9.32 Å². The van der Waals surface area contributed by atoms with Crippen LogP contribution in [0.4, 0.5) is 0 Å². The molecule has 0 aliphatic carbocycles. The van der Waals surface area contributed by atoms with Crippen molar-refractivity contribution in [2.24, 2.45) is 0 Å². The van der Waals surface area contributed by atoms with E-state index < -0.39 is 16.4 Å². The number of hydrogen-bond donors (Lipinski definition) is 1. The van der Waals surface area contributed by atoms with Gasteiger partial charge < -0.3 is 5.11 Å². The van der Waals surface area contributed by atoms with Gasteiger partial charge in [0.2, 0.25) is 0 Å². The second-order valence-corrected chi connectivity index (χ2v) is 6.89. The molecule has 2 rings (SSSR count). The SMILES string of the molecule is Cc1ccc(S(=O)C[C@@](C)(O)c2ccc(C)cc2)cc1. The molecule has 0 spiro atoms. The highest BCUT2D eigenvalue weighted by molar-refractivity contribution is 7.85. The van der Waals surface area contributed by atoms with Gasteiger partial charge in [0.05, 0.1) is 22.2 Å². The maximum absolute atomic E-state index is 12.4. The summed E-state index contributed by atoms with van der Waals surface area (Å²) in [7, 11) is -1.22. The normalized spacial score (nSPS) is 15.6. The van der Waals surface area contributed by atoms with Gasteiger partial charge in [-0.2, -0.15) is 0 Å². The Kier molecular flexibility index (Phi) is 4.41. The largest absolute Gasteiger partial charge is 0.384 e. The second kappa shape index (κ2) is 5.90. The van der Waals surface area contributed by atoms with Crippen LogP contribution in [0.5, 0.6) is 0 Å². The van der Waals surface area contributed by atoms with Crippen LogP contribution in [0, 0.1) is 13.8 Å². The van der Waals surface area contributed by atoms with Gasteiger partial charge in [0.1, 0.15) is 0 Å². The minimum Gasteiger partial charge on any atom is -0.384 e. The third kappa shape index (κ3) is 3.56. The molecule has 0 fully saturated rings. The second-order valence-electron chi connectivity index (χ2n) is 5.44. The maximum Gasteiger partial charge on any atom is 0.0986 e. The summed E-state index contributed by atoms with van der Waals surface area (Å²) in [5.74, 6) is 0.194. The molecule has 0 amide bonds. The lowest BCUT2D eigenvalue weighted by Gasteiger charge is -2.23. The molecule has 106 valence electrons. The fraction of sp³-hybridized carbons (Fsp3) is 0.294. The molecule has 1 N–H and O–H groups in total. The van der Waals surface area contributed by atoms with Gasteiger partial charge in [-0.25, -0.2) is 0 Å². The molecule has 20 heavy (non-hydrogen) atoms. The van der Waals surface area contributed by atoms with Crippen molar-refractivity contribution >= 4 is 10.8 Å². The standard InChI is InChI=1S/C17H20O2S/c1-13-4-8-15(9-5-13)17(3,18)12-20(19)16-10-6-14(2)7-11-16/h4-11,18H,12H2,1-3H3/t17-,20?/m1/s1. The smallest absolute Gasteiger partial charge is 0.0986 e. The van der Waals surface area contributed by atoms with Crippen molar-refractivity contribution in [2.75, 3.05) is 5.75 Å². The van der Waals surface area contributed by atoms with E-state index in [2.05, 4.69) is 0 Å². The van der Waals surface area contributed by atoms with Gasteiger partial charge in [-0.15, -0.1) is 0 Å². The van der Waals surface area contributed by atoms with E-state index in [1.807, 2.05) is 62.4 Å². The number of aliphatic hydroxyl groups is 1. The van der Waals surface area contributed by atoms with Crippen molar-refractivity contribution in [2.45, 2.75) is 31.3 Å². The van der Waals surface area contributed by atoms with Crippen LogP contribution in [0.3, 0.4) is 0 Å². The summed E-state index contributed by atoms with van der Waals surface area (Å²) in [6.07, 6.45) is 0. The Bertz CT molecular complexity index is 598. The van der Waals surface area contributed by atoms with Gasteiger partial charge in [0, 0.05) is 4.90 Å². The molecular weight excluding hydrogens is 268 g/mol. The van der Waals surface area contributed by atoms with Crippen LogP contribution in [0.1, 0.15) is 23.6 Å². The first-order chi connectivity index (χ1) is 9.38. The monoisotopic (exact) mass is 288 g/mol. The summed E-state index contributed by atoms with van der Waals surface area (Å²) in [6.45, 7) is 5.71. The lowest BCUT2D eigenvalue weighted by atomic mass is 9.97. The van der Waals surface area contributed by atoms with Gasteiger partial charge in [-0.05, 0) is 38.5 Å². The minimum atomic E-state index is -1.22. The molecule has 3 heteroatoms. The maximum atomic E-state index is 12.4. The third-order valence-corrected chi connectivity index (χ3v) is 4.99. The van der Waals surface area contributed by atoms with Crippen LogP contribution >= 0.6 is 0 Å². The van der Waals surface area contributed by atoms with Crippen LogP contribution in [0.25, 0.3) is 0 Å². The first-order valence-electron chi connectivity index (χ1n) is 6.63. The van der Waals surface area contributed by atoms with E-state index >= 15 is 0 Å². The van der Waals surface area contributed by atoms with Crippen molar-refractivity contribution in [1.29, 1.82) is 0 Å². The van der Waals surface area contributed by atoms with Gasteiger partial charge in [0.15, 0.2) is 0 Å². The van der Waals surface area contributed by atoms with E-state index in [0.717, 1.165) is 21.6 Å². The van der Waals surface area contributed by atoms with Crippen molar-refractivity contribution < 1.29 is 9.32 Å². The van der Waals surface area contributed by atoms with Gasteiger partial charge in [0.25, 0.3) is 0 Å². The fourth-order valence-electron chi connectivity index (χ4n) is 2.02. The van der Waals surface area contributed by atoms with E-state index in [0.29, 0.717) is 0 Å². The van der Waals surface area contributed by atoms with Crippen molar-refractivity contribution in [3.05, 3.63) is 65.2 Å². The van der Waals surface area contributed by atoms with Crippen LogP contribution in [0.15, 0.2) is 53.4 Å². The van der Waals surface area contributed by atoms with E-state index in [1.54, 1.807) is 6.92 Å². The average molecular weight is 288 g/mol. The summed E-state index contributed by atoms with van der Waals surface area (Å²) >= 11 is 0. The first kappa shape index (κ1) is 14.9. The summed E-state index contributed by atoms with van der Waals surface area (Å²) in [6, 6.07) is 15.3. The summed E-state index contributed by atoms with van der Waals surface area (Å²) in [5.41, 5.74) is 1.98. The molecule has 2 atom stereocenters. The Hall–Kier alpha value is -1.45. The van der Waals surface area contributed by atoms with E-state index in [4.69, 9.17) is 0 Å². The predicted molar refractivity (Wildman–Crippen MR) is 83.2 cm³/mol. The number of rotatable bonds is 4. The van der Waals surface area contributed by atoms with Gasteiger partial charge in [-0.1, -0.05) is 47.5 Å². The first-order valence-corrected chi connectivity index (χ1v) is 7.95. The van der Waals surface area contributed by atoms with Crippen molar-refractivity contribution in [3.8, 4) is 0 Å². The molecule has 0 aliphatic heterocycles. The van der Waals surface area contributed by atoms with E-state index in [1.165, 1.54) is 0 Å². The molecule has 2 aromatic rings. The summed E-state index contributed by atoms with van der Waals surface area (Å²) in [4.78, 5) is 0.753. The van der Waals surface area contributed by atoms with Crippen LogP contribution in [-0.2, 0) is 16.4 Å². The van der Waals surface area contributed by atoms with E-state index in [-0.39, 0.29) is 5.75 Å². The molecule has 0 saturated heterocycles. The highest BCUT2D eigenvalue weighted by atomic mass is 32.2. The van der Waals surface area contributed by atoms with Crippen molar-refractivity contribution in [1.82, 2.24) is 0 Å². The topological polar surface area (TPSA) is 37.3 Å². The zero-order valence-electron chi connectivity index (χ0n) is 12.1. The lowest BCUT2D eigenvalue weighted by Crippen LogP contribution is -2.28. The Morgan fingerprint density at radius 1 is 0.950 bits per heavy atom. The summed E-state index contributed by atoms with van der Waals surface area (Å²) < 4.78 is 12.4. The van der Waals surface area contributed by atoms with Crippen LogP contribution in [0.2, 0.25) is 0 Å². The summed E-state index contributed by atoms with van der Waals surface area (Å²) in [5, 5.41) is 10.6.